The molecule has 1 amide bonds. The summed E-state index contributed by atoms with van der Waals surface area (Å²) >= 11 is 0. The molecule has 3 aliphatic heterocycles. The van der Waals surface area contributed by atoms with Gasteiger partial charge in [0.2, 0.25) is 5.60 Å². The fourth-order valence-electron chi connectivity index (χ4n) is 7.27. The monoisotopic (exact) mass is 481 g/mol. The van der Waals surface area contributed by atoms with Crippen molar-refractivity contribution in [3.05, 3.63) is 59.7 Å². The molecule has 0 aliphatic carbocycles. The third-order valence-corrected chi connectivity index (χ3v) is 8.84. The quantitative estimate of drug-likeness (QED) is 0.354. The lowest BCUT2D eigenvalue weighted by Crippen LogP contribution is -2.59. The largest absolute Gasteiger partial charge is 0.467 e. The second-order valence-corrected chi connectivity index (χ2v) is 10.3. The average Bonchev–Trinajstić information content (AvgIpc) is 3.57. The molecular weight excluding hydrogens is 458 g/mol. The molecule has 0 saturated carbocycles. The molecule has 5 aromatic rings. The maximum absolute atomic E-state index is 13.3. The third kappa shape index (κ3) is 1.86. The Morgan fingerprint density at radius 3 is 2.47 bits per heavy atom. The number of hydrogen-bond donors (Lipinski definition) is 2. The second kappa shape index (κ2) is 6.08. The van der Waals surface area contributed by atoms with Gasteiger partial charge >= 0.3 is 5.97 Å². The van der Waals surface area contributed by atoms with E-state index in [1.807, 2.05) is 60.0 Å². The van der Waals surface area contributed by atoms with Gasteiger partial charge in [0.25, 0.3) is 5.91 Å². The highest BCUT2D eigenvalue weighted by molar-refractivity contribution is 6.31. The van der Waals surface area contributed by atoms with Gasteiger partial charge in [0, 0.05) is 34.0 Å². The number of para-hydroxylation sites is 2. The summed E-state index contributed by atoms with van der Waals surface area (Å²) in [5.74, 6) is -1.48. The Morgan fingerprint density at radius 1 is 1.08 bits per heavy atom. The zero-order valence-corrected chi connectivity index (χ0v) is 20.0. The number of rotatable bonds is 1. The van der Waals surface area contributed by atoms with E-state index in [2.05, 4.69) is 9.88 Å². The first-order valence-corrected chi connectivity index (χ1v) is 12.1. The van der Waals surface area contributed by atoms with Crippen molar-refractivity contribution in [3.8, 4) is 0 Å². The molecule has 3 aromatic carbocycles. The molecule has 180 valence electrons. The van der Waals surface area contributed by atoms with Crippen LogP contribution in [0.2, 0.25) is 0 Å². The summed E-state index contributed by atoms with van der Waals surface area (Å²) in [5, 5.41) is 19.0. The van der Waals surface area contributed by atoms with Crippen molar-refractivity contribution in [3.63, 3.8) is 0 Å². The van der Waals surface area contributed by atoms with Gasteiger partial charge in [-0.15, -0.1) is 0 Å². The number of carbonyl (C=O) groups is 2. The van der Waals surface area contributed by atoms with E-state index in [1.54, 1.807) is 6.92 Å². The number of hydrogen-bond acceptors (Lipinski definition) is 5. The lowest BCUT2D eigenvalue weighted by atomic mass is 9.81. The molecule has 0 spiro atoms. The van der Waals surface area contributed by atoms with Crippen molar-refractivity contribution in [2.45, 2.75) is 37.9 Å². The first-order valence-electron chi connectivity index (χ1n) is 12.1. The van der Waals surface area contributed by atoms with Gasteiger partial charge in [-0.25, -0.2) is 4.79 Å². The van der Waals surface area contributed by atoms with E-state index >= 15 is 0 Å². The van der Waals surface area contributed by atoms with Crippen molar-refractivity contribution in [2.75, 3.05) is 7.11 Å². The van der Waals surface area contributed by atoms with Gasteiger partial charge in [-0.3, -0.25) is 4.79 Å². The zero-order valence-electron chi connectivity index (χ0n) is 20.0. The Kier molecular flexibility index (Phi) is 3.44. The third-order valence-electron chi connectivity index (χ3n) is 8.84. The number of esters is 1. The van der Waals surface area contributed by atoms with Gasteiger partial charge in [0.1, 0.15) is 6.23 Å². The van der Waals surface area contributed by atoms with E-state index in [0.29, 0.717) is 12.1 Å². The summed E-state index contributed by atoms with van der Waals surface area (Å²) in [5.41, 5.74) is 1.60. The zero-order chi connectivity index (χ0) is 24.7. The topological polar surface area (TPSA) is 94.7 Å². The van der Waals surface area contributed by atoms with Crippen LogP contribution in [-0.4, -0.2) is 38.8 Å². The molecule has 2 aromatic heterocycles. The molecule has 8 rings (SSSR count). The summed E-state index contributed by atoms with van der Waals surface area (Å²) in [6, 6.07) is 15.8. The Hall–Kier alpha value is -3.88. The number of methoxy groups -OCH3 is 1. The Bertz CT molecular complexity index is 1870. The van der Waals surface area contributed by atoms with Crippen molar-refractivity contribution < 1.29 is 24.2 Å². The Balaban J connectivity index is 1.74. The fourth-order valence-corrected chi connectivity index (χ4v) is 7.27. The van der Waals surface area contributed by atoms with Gasteiger partial charge in [-0.1, -0.05) is 43.3 Å². The van der Waals surface area contributed by atoms with Gasteiger partial charge in [-0.2, -0.15) is 0 Å². The molecule has 36 heavy (non-hydrogen) atoms. The first-order chi connectivity index (χ1) is 17.3. The van der Waals surface area contributed by atoms with Crippen LogP contribution in [0, 0.1) is 5.92 Å². The first kappa shape index (κ1) is 20.3. The SMILES string of the molecule is COC(=O)[C@@]1(O)[C@@H](C)[C@H]2O[C@]1(C)n1c3ccccc3c3c4c(c5c6ccccc6n2c5c31)C(=O)NC4. The van der Waals surface area contributed by atoms with Crippen LogP contribution in [0.4, 0.5) is 0 Å². The summed E-state index contributed by atoms with van der Waals surface area (Å²) < 4.78 is 16.0. The van der Waals surface area contributed by atoms with Crippen LogP contribution in [-0.2, 0) is 26.5 Å². The van der Waals surface area contributed by atoms with Crippen molar-refractivity contribution in [1.29, 1.82) is 0 Å². The van der Waals surface area contributed by atoms with E-state index in [4.69, 9.17) is 9.47 Å². The normalized spacial score (nSPS) is 28.4. The number of aliphatic hydroxyl groups is 1. The molecule has 1 saturated heterocycles. The van der Waals surface area contributed by atoms with E-state index in [-0.39, 0.29) is 5.91 Å². The highest BCUT2D eigenvalue weighted by atomic mass is 16.6. The Labute approximate surface area is 205 Å². The van der Waals surface area contributed by atoms with Crippen LogP contribution in [0.3, 0.4) is 0 Å². The summed E-state index contributed by atoms with van der Waals surface area (Å²) in [6.07, 6.45) is -0.675. The van der Waals surface area contributed by atoms with Crippen LogP contribution >= 0.6 is 0 Å². The van der Waals surface area contributed by atoms with Crippen LogP contribution in [0.1, 0.15) is 36.0 Å². The lowest BCUT2D eigenvalue weighted by molar-refractivity contribution is -0.205. The summed E-state index contributed by atoms with van der Waals surface area (Å²) in [6.45, 7) is 4.00. The van der Waals surface area contributed by atoms with Crippen molar-refractivity contribution in [1.82, 2.24) is 14.5 Å². The number of aromatic nitrogens is 2. The van der Waals surface area contributed by atoms with Gasteiger partial charge < -0.3 is 29.0 Å². The minimum Gasteiger partial charge on any atom is -0.467 e. The summed E-state index contributed by atoms with van der Waals surface area (Å²) in [7, 11) is 1.29. The fraction of sp³-hybridized carbons (Fsp3) is 0.286. The van der Waals surface area contributed by atoms with Crippen LogP contribution in [0.5, 0.6) is 0 Å². The highest BCUT2D eigenvalue weighted by Crippen LogP contribution is 2.59. The number of fused-ring (bicyclic) bond motifs is 13. The highest BCUT2D eigenvalue weighted by Gasteiger charge is 2.69. The molecular formula is C28H23N3O5. The standard InChI is InChI=1S/C28H23N3O5/c1-13-25-30-17-10-6-4-8-14(17)20-21-16(12-29-24(21)32)19-15-9-5-7-11-18(15)31(23(19)22(20)30)27(2,36-25)28(13,34)26(33)35-3/h4-11,13,25,34H,12H2,1-3H3,(H,29,32)/t13-,25+,27-,28-/m0/s1. The van der Waals surface area contributed by atoms with E-state index in [0.717, 1.165) is 49.2 Å². The van der Waals surface area contributed by atoms with Crippen LogP contribution in [0.25, 0.3) is 43.6 Å². The minimum atomic E-state index is -1.97. The predicted molar refractivity (Wildman–Crippen MR) is 134 cm³/mol. The van der Waals surface area contributed by atoms with Gasteiger partial charge in [-0.05, 0) is 24.6 Å². The maximum atomic E-state index is 13.3. The lowest BCUT2D eigenvalue weighted by Gasteiger charge is -2.39. The molecule has 0 radical (unpaired) electrons. The van der Waals surface area contributed by atoms with Crippen molar-refractivity contribution in [2.24, 2.45) is 5.92 Å². The van der Waals surface area contributed by atoms with E-state index in [9.17, 15) is 14.7 Å². The van der Waals surface area contributed by atoms with E-state index in [1.165, 1.54) is 7.11 Å². The average molecular weight is 482 g/mol. The van der Waals surface area contributed by atoms with Crippen molar-refractivity contribution >= 4 is 55.5 Å². The molecule has 8 nitrogen and oxygen atoms in total. The molecule has 1 fully saturated rings. The second-order valence-electron chi connectivity index (χ2n) is 10.3. The molecule has 2 N–H and O–H groups in total. The number of benzene rings is 3. The number of carbonyl (C=O) groups excluding carboxylic acids is 2. The van der Waals surface area contributed by atoms with Gasteiger partial charge in [0.05, 0.1) is 34.7 Å². The van der Waals surface area contributed by atoms with Crippen LogP contribution < -0.4 is 5.32 Å². The molecule has 8 heteroatoms. The van der Waals surface area contributed by atoms with Crippen LogP contribution in [0.15, 0.2) is 48.5 Å². The number of amides is 1. The Morgan fingerprint density at radius 2 is 1.75 bits per heavy atom. The van der Waals surface area contributed by atoms with Gasteiger partial charge in [0.15, 0.2) is 5.72 Å². The molecule has 2 bridgehead atoms. The smallest absolute Gasteiger partial charge is 0.343 e. The summed E-state index contributed by atoms with van der Waals surface area (Å²) in [4.78, 5) is 26.6. The molecule has 3 aliphatic rings. The minimum absolute atomic E-state index is 0.0905. The number of nitrogens with one attached hydrogen (secondary N) is 1. The molecule has 4 atom stereocenters. The molecule has 5 heterocycles. The predicted octanol–water partition coefficient (Wildman–Crippen LogP) is 3.90. The number of ether oxygens (including phenoxy) is 2. The molecule has 0 unspecified atom stereocenters. The maximum Gasteiger partial charge on any atom is 0.343 e. The van der Waals surface area contributed by atoms with E-state index < -0.39 is 29.4 Å². The number of nitrogens with zero attached hydrogens (tertiary/aromatic N) is 2.